The van der Waals surface area contributed by atoms with Gasteiger partial charge in [0, 0.05) is 24.8 Å². The lowest BCUT2D eigenvalue weighted by molar-refractivity contribution is -0.119. The normalized spacial score (nSPS) is 16.2. The van der Waals surface area contributed by atoms with Crippen molar-refractivity contribution in [3.05, 3.63) is 24.0 Å². The molecule has 0 unspecified atom stereocenters. The van der Waals surface area contributed by atoms with E-state index in [-0.39, 0.29) is 11.6 Å². The van der Waals surface area contributed by atoms with E-state index in [9.17, 15) is 9.59 Å². The minimum atomic E-state index is -1.08. The van der Waals surface area contributed by atoms with Crippen LogP contribution in [0.3, 0.4) is 0 Å². The summed E-state index contributed by atoms with van der Waals surface area (Å²) in [5.41, 5.74) is 0.591. The molecule has 0 atom stereocenters. The highest BCUT2D eigenvalue weighted by Crippen LogP contribution is 2.20. The molecule has 1 N–H and O–H groups in total. The third-order valence-electron chi connectivity index (χ3n) is 2.60. The van der Waals surface area contributed by atoms with Crippen molar-refractivity contribution in [1.82, 2.24) is 4.98 Å². The van der Waals surface area contributed by atoms with Gasteiger partial charge in [-0.15, -0.1) is 0 Å². The second-order valence-corrected chi connectivity index (χ2v) is 3.71. The second kappa shape index (κ2) is 4.30. The van der Waals surface area contributed by atoms with Crippen LogP contribution in [0.4, 0.5) is 5.69 Å². The number of hydrogen-bond acceptors (Lipinski definition) is 3. The molecule has 0 saturated carbocycles. The molecule has 1 fully saturated rings. The summed E-state index contributed by atoms with van der Waals surface area (Å²) in [6.07, 6.45) is 3.81. The van der Waals surface area contributed by atoms with Crippen LogP contribution in [0.2, 0.25) is 0 Å². The maximum atomic E-state index is 11.6. The Morgan fingerprint density at radius 1 is 1.44 bits per heavy atom. The maximum Gasteiger partial charge on any atom is 0.354 e. The Morgan fingerprint density at radius 3 is 2.94 bits per heavy atom. The van der Waals surface area contributed by atoms with E-state index in [1.807, 2.05) is 0 Å². The van der Waals surface area contributed by atoms with Crippen LogP contribution in [0.25, 0.3) is 0 Å². The summed E-state index contributed by atoms with van der Waals surface area (Å²) >= 11 is 0. The van der Waals surface area contributed by atoms with Crippen LogP contribution < -0.4 is 4.90 Å². The number of pyridine rings is 1. The molecule has 0 aliphatic carbocycles. The van der Waals surface area contributed by atoms with E-state index < -0.39 is 5.97 Å². The molecule has 84 valence electrons. The van der Waals surface area contributed by atoms with E-state index in [0.29, 0.717) is 18.7 Å². The first kappa shape index (κ1) is 10.6. The van der Waals surface area contributed by atoms with E-state index in [4.69, 9.17) is 5.11 Å². The first-order chi connectivity index (χ1) is 7.68. The van der Waals surface area contributed by atoms with Crippen LogP contribution in [-0.2, 0) is 4.79 Å². The Balaban J connectivity index is 2.28. The zero-order chi connectivity index (χ0) is 11.5. The first-order valence-corrected chi connectivity index (χ1v) is 5.18. The summed E-state index contributed by atoms with van der Waals surface area (Å²) in [4.78, 5) is 27.7. The number of anilines is 1. The van der Waals surface area contributed by atoms with E-state index in [2.05, 4.69) is 4.98 Å². The van der Waals surface area contributed by atoms with Crippen LogP contribution >= 0.6 is 0 Å². The number of nitrogens with zero attached hydrogens (tertiary/aromatic N) is 2. The van der Waals surface area contributed by atoms with Gasteiger partial charge in [-0.1, -0.05) is 0 Å². The van der Waals surface area contributed by atoms with E-state index in [0.717, 1.165) is 12.8 Å². The summed E-state index contributed by atoms with van der Waals surface area (Å²) in [5.74, 6) is -1.03. The monoisotopic (exact) mass is 220 g/mol. The van der Waals surface area contributed by atoms with Gasteiger partial charge in [0.15, 0.2) is 0 Å². The van der Waals surface area contributed by atoms with Crippen molar-refractivity contribution >= 4 is 17.6 Å². The molecular formula is C11H12N2O3. The molecule has 5 heteroatoms. The topological polar surface area (TPSA) is 70.5 Å². The van der Waals surface area contributed by atoms with Crippen molar-refractivity contribution < 1.29 is 14.7 Å². The number of carbonyl (C=O) groups is 2. The Bertz CT molecular complexity index is 431. The number of hydrogen-bond donors (Lipinski definition) is 1. The molecule has 0 aromatic carbocycles. The standard InChI is InChI=1S/C11H12N2O3/c14-10-3-1-2-6-13(10)8-4-5-12-9(7-8)11(15)16/h4-5,7H,1-3,6H2,(H,15,16). The predicted molar refractivity (Wildman–Crippen MR) is 57.4 cm³/mol. The fraction of sp³-hybridized carbons (Fsp3) is 0.364. The van der Waals surface area contributed by atoms with Gasteiger partial charge in [0.25, 0.3) is 0 Å². The molecule has 1 amide bonds. The number of carboxylic acid groups (broad SMARTS) is 1. The molecule has 0 bridgehead atoms. The van der Waals surface area contributed by atoms with Crippen LogP contribution in [0.1, 0.15) is 29.8 Å². The number of aromatic carboxylic acids is 1. The highest BCUT2D eigenvalue weighted by atomic mass is 16.4. The molecule has 0 radical (unpaired) electrons. The minimum absolute atomic E-state index is 0.0316. The molecule has 1 aromatic heterocycles. The summed E-state index contributed by atoms with van der Waals surface area (Å²) in [7, 11) is 0. The van der Waals surface area contributed by atoms with Gasteiger partial charge >= 0.3 is 5.97 Å². The number of carboxylic acids is 1. The number of piperidine rings is 1. The van der Waals surface area contributed by atoms with E-state index in [1.165, 1.54) is 12.3 Å². The molecule has 1 aromatic rings. The van der Waals surface area contributed by atoms with Crippen molar-refractivity contribution in [2.24, 2.45) is 0 Å². The zero-order valence-corrected chi connectivity index (χ0v) is 8.72. The van der Waals surface area contributed by atoms with Crippen LogP contribution in [0, 0.1) is 0 Å². The first-order valence-electron chi connectivity index (χ1n) is 5.18. The summed E-state index contributed by atoms with van der Waals surface area (Å²) < 4.78 is 0. The smallest absolute Gasteiger partial charge is 0.354 e. The van der Waals surface area contributed by atoms with Crippen molar-refractivity contribution in [3.63, 3.8) is 0 Å². The summed E-state index contributed by atoms with van der Waals surface area (Å²) in [5, 5.41) is 8.81. The fourth-order valence-electron chi connectivity index (χ4n) is 1.78. The van der Waals surface area contributed by atoms with Crippen molar-refractivity contribution in [3.8, 4) is 0 Å². The van der Waals surface area contributed by atoms with Crippen molar-refractivity contribution in [2.75, 3.05) is 11.4 Å². The molecule has 2 heterocycles. The Hall–Kier alpha value is -1.91. The third kappa shape index (κ3) is 2.03. The zero-order valence-electron chi connectivity index (χ0n) is 8.72. The second-order valence-electron chi connectivity index (χ2n) is 3.71. The van der Waals surface area contributed by atoms with Gasteiger partial charge in [-0.25, -0.2) is 9.78 Å². The van der Waals surface area contributed by atoms with Gasteiger partial charge in [-0.05, 0) is 25.0 Å². The minimum Gasteiger partial charge on any atom is -0.477 e. The number of amides is 1. The average Bonchev–Trinajstić information content (AvgIpc) is 2.30. The number of carbonyl (C=O) groups excluding carboxylic acids is 1. The lowest BCUT2D eigenvalue weighted by Crippen LogP contribution is -2.35. The van der Waals surface area contributed by atoms with Gasteiger partial charge in [0.1, 0.15) is 5.69 Å². The maximum absolute atomic E-state index is 11.6. The molecular weight excluding hydrogens is 208 g/mol. The Morgan fingerprint density at radius 2 is 2.25 bits per heavy atom. The highest BCUT2D eigenvalue weighted by Gasteiger charge is 2.20. The van der Waals surface area contributed by atoms with Gasteiger partial charge in [-0.3, -0.25) is 4.79 Å². The number of aromatic nitrogens is 1. The summed E-state index contributed by atoms with van der Waals surface area (Å²) in [6, 6.07) is 3.10. The van der Waals surface area contributed by atoms with E-state index >= 15 is 0 Å². The predicted octanol–water partition coefficient (Wildman–Crippen LogP) is 1.30. The van der Waals surface area contributed by atoms with Crippen LogP contribution in [0.15, 0.2) is 18.3 Å². The Labute approximate surface area is 92.7 Å². The molecule has 2 rings (SSSR count). The molecule has 1 aliphatic heterocycles. The largest absolute Gasteiger partial charge is 0.477 e. The summed E-state index contributed by atoms with van der Waals surface area (Å²) in [6.45, 7) is 0.655. The lowest BCUT2D eigenvalue weighted by Gasteiger charge is -2.26. The van der Waals surface area contributed by atoms with Crippen LogP contribution in [-0.4, -0.2) is 28.5 Å². The molecule has 1 saturated heterocycles. The Kier molecular flexibility index (Phi) is 2.85. The molecule has 5 nitrogen and oxygen atoms in total. The van der Waals surface area contributed by atoms with Gasteiger partial charge in [0.05, 0.1) is 0 Å². The SMILES string of the molecule is O=C(O)c1cc(N2CCCCC2=O)ccn1. The van der Waals surface area contributed by atoms with Crippen LogP contribution in [0.5, 0.6) is 0 Å². The molecule has 1 aliphatic rings. The van der Waals surface area contributed by atoms with E-state index in [1.54, 1.807) is 11.0 Å². The van der Waals surface area contributed by atoms with Gasteiger partial charge < -0.3 is 10.0 Å². The highest BCUT2D eigenvalue weighted by molar-refractivity contribution is 5.95. The quantitative estimate of drug-likeness (QED) is 0.815. The van der Waals surface area contributed by atoms with Crippen molar-refractivity contribution in [2.45, 2.75) is 19.3 Å². The average molecular weight is 220 g/mol. The fourth-order valence-corrected chi connectivity index (χ4v) is 1.78. The van der Waals surface area contributed by atoms with Gasteiger partial charge in [0.2, 0.25) is 5.91 Å². The number of rotatable bonds is 2. The molecule has 0 spiro atoms. The molecule has 16 heavy (non-hydrogen) atoms. The lowest BCUT2D eigenvalue weighted by atomic mass is 10.1. The third-order valence-corrected chi connectivity index (χ3v) is 2.60. The van der Waals surface area contributed by atoms with Gasteiger partial charge in [-0.2, -0.15) is 0 Å². The van der Waals surface area contributed by atoms with Crippen molar-refractivity contribution in [1.29, 1.82) is 0 Å².